The lowest BCUT2D eigenvalue weighted by molar-refractivity contribution is 0.0950. The zero-order valence-electron chi connectivity index (χ0n) is 11.5. The molecule has 0 spiro atoms. The second-order valence-electron chi connectivity index (χ2n) is 4.71. The van der Waals surface area contributed by atoms with Crippen molar-refractivity contribution >= 4 is 27.7 Å². The Balaban J connectivity index is 2.05. The van der Waals surface area contributed by atoms with Crippen LogP contribution in [0.1, 0.15) is 31.8 Å². The van der Waals surface area contributed by atoms with Crippen LogP contribution in [0.3, 0.4) is 0 Å². The number of amides is 2. The Morgan fingerprint density at radius 3 is 2.57 bits per heavy atom. The minimum atomic E-state index is -0.481. The van der Waals surface area contributed by atoms with E-state index in [1.807, 2.05) is 19.1 Å². The monoisotopic (exact) mass is 346 g/mol. The summed E-state index contributed by atoms with van der Waals surface area (Å²) in [5, 5.41) is 2.82. The Morgan fingerprint density at radius 1 is 1.14 bits per heavy atom. The van der Waals surface area contributed by atoms with Crippen molar-refractivity contribution in [3.05, 3.63) is 69.2 Å². The van der Waals surface area contributed by atoms with E-state index < -0.39 is 5.91 Å². The molecule has 0 radical (unpaired) electrons. The highest BCUT2D eigenvalue weighted by Crippen LogP contribution is 2.17. The van der Waals surface area contributed by atoms with Crippen molar-refractivity contribution in [3.63, 3.8) is 0 Å². The number of hydrogen-bond acceptors (Lipinski definition) is 2. The van der Waals surface area contributed by atoms with Gasteiger partial charge in [-0.05, 0) is 42.3 Å². The SMILES string of the molecule is Cc1ccc(C(=O)NCc2cccc(C(N)=O)c2)cc1Br. The van der Waals surface area contributed by atoms with Gasteiger partial charge >= 0.3 is 0 Å². The molecule has 0 saturated heterocycles. The smallest absolute Gasteiger partial charge is 0.251 e. The number of primary amides is 1. The molecule has 0 unspecified atom stereocenters. The van der Waals surface area contributed by atoms with Gasteiger partial charge in [-0.2, -0.15) is 0 Å². The molecule has 0 aliphatic heterocycles. The largest absolute Gasteiger partial charge is 0.366 e. The maximum Gasteiger partial charge on any atom is 0.251 e. The number of halogens is 1. The molecule has 21 heavy (non-hydrogen) atoms. The standard InChI is InChI=1S/C16H15BrN2O2/c1-10-5-6-13(8-14(10)17)16(21)19-9-11-3-2-4-12(7-11)15(18)20/h2-8H,9H2,1H3,(H2,18,20)(H,19,21). The first kappa shape index (κ1) is 15.3. The van der Waals surface area contributed by atoms with Crippen molar-refractivity contribution in [1.29, 1.82) is 0 Å². The second-order valence-corrected chi connectivity index (χ2v) is 5.57. The predicted octanol–water partition coefficient (Wildman–Crippen LogP) is 2.79. The average Bonchev–Trinajstić information content (AvgIpc) is 2.48. The van der Waals surface area contributed by atoms with Crippen molar-refractivity contribution in [2.75, 3.05) is 0 Å². The van der Waals surface area contributed by atoms with Gasteiger partial charge in [-0.1, -0.05) is 34.1 Å². The maximum absolute atomic E-state index is 12.1. The summed E-state index contributed by atoms with van der Waals surface area (Å²) in [7, 11) is 0. The number of nitrogens with one attached hydrogen (secondary N) is 1. The number of carbonyl (C=O) groups excluding carboxylic acids is 2. The Labute approximate surface area is 131 Å². The van der Waals surface area contributed by atoms with Crippen LogP contribution in [0.5, 0.6) is 0 Å². The van der Waals surface area contributed by atoms with E-state index in [1.165, 1.54) is 0 Å². The van der Waals surface area contributed by atoms with Crippen LogP contribution in [0, 0.1) is 6.92 Å². The molecule has 2 aromatic rings. The molecule has 0 aliphatic rings. The summed E-state index contributed by atoms with van der Waals surface area (Å²) < 4.78 is 0.894. The van der Waals surface area contributed by atoms with Gasteiger partial charge in [0.2, 0.25) is 5.91 Å². The van der Waals surface area contributed by atoms with Crippen LogP contribution in [-0.4, -0.2) is 11.8 Å². The zero-order valence-corrected chi connectivity index (χ0v) is 13.1. The zero-order chi connectivity index (χ0) is 15.4. The van der Waals surface area contributed by atoms with Gasteiger partial charge in [0.1, 0.15) is 0 Å². The van der Waals surface area contributed by atoms with Crippen LogP contribution in [0.25, 0.3) is 0 Å². The fraction of sp³-hybridized carbons (Fsp3) is 0.125. The highest BCUT2D eigenvalue weighted by molar-refractivity contribution is 9.10. The topological polar surface area (TPSA) is 72.2 Å². The molecule has 0 aromatic heterocycles. The van der Waals surface area contributed by atoms with Gasteiger partial charge in [0.05, 0.1) is 0 Å². The molecule has 0 fully saturated rings. The number of carbonyl (C=O) groups is 2. The minimum Gasteiger partial charge on any atom is -0.366 e. The van der Waals surface area contributed by atoms with Gasteiger partial charge in [0, 0.05) is 22.1 Å². The van der Waals surface area contributed by atoms with Crippen molar-refractivity contribution in [2.45, 2.75) is 13.5 Å². The van der Waals surface area contributed by atoms with Gasteiger partial charge in [0.25, 0.3) is 5.91 Å². The van der Waals surface area contributed by atoms with Crippen LogP contribution >= 0.6 is 15.9 Å². The van der Waals surface area contributed by atoms with E-state index in [2.05, 4.69) is 21.2 Å². The molecule has 2 amide bonds. The first-order valence-corrected chi connectivity index (χ1v) is 7.20. The summed E-state index contributed by atoms with van der Waals surface area (Å²) in [5.74, 6) is -0.647. The molecule has 5 heteroatoms. The normalized spacial score (nSPS) is 10.2. The van der Waals surface area contributed by atoms with E-state index in [0.717, 1.165) is 15.6 Å². The molecule has 4 nitrogen and oxygen atoms in total. The molecule has 0 saturated carbocycles. The lowest BCUT2D eigenvalue weighted by atomic mass is 10.1. The van der Waals surface area contributed by atoms with Crippen molar-refractivity contribution in [1.82, 2.24) is 5.32 Å². The summed E-state index contributed by atoms with van der Waals surface area (Å²) in [4.78, 5) is 23.2. The van der Waals surface area contributed by atoms with Crippen molar-refractivity contribution < 1.29 is 9.59 Å². The Kier molecular flexibility index (Phi) is 4.75. The molecular formula is C16H15BrN2O2. The van der Waals surface area contributed by atoms with Crippen LogP contribution in [0.4, 0.5) is 0 Å². The fourth-order valence-electron chi connectivity index (χ4n) is 1.85. The van der Waals surface area contributed by atoms with Gasteiger partial charge in [-0.15, -0.1) is 0 Å². The number of aryl methyl sites for hydroxylation is 1. The number of nitrogens with two attached hydrogens (primary N) is 1. The Bertz CT molecular complexity index is 698. The molecule has 0 bridgehead atoms. The van der Waals surface area contributed by atoms with Gasteiger partial charge in [-0.3, -0.25) is 9.59 Å². The number of hydrogen-bond donors (Lipinski definition) is 2. The van der Waals surface area contributed by atoms with E-state index in [1.54, 1.807) is 30.3 Å². The Hall–Kier alpha value is -2.14. The summed E-state index contributed by atoms with van der Waals surface area (Å²) in [6, 6.07) is 12.3. The predicted molar refractivity (Wildman–Crippen MR) is 85.0 cm³/mol. The molecule has 0 aliphatic carbocycles. The van der Waals surface area contributed by atoms with Crippen LogP contribution in [-0.2, 0) is 6.54 Å². The highest BCUT2D eigenvalue weighted by atomic mass is 79.9. The third kappa shape index (κ3) is 3.92. The molecule has 3 N–H and O–H groups in total. The lowest BCUT2D eigenvalue weighted by Gasteiger charge is -2.07. The van der Waals surface area contributed by atoms with E-state index in [-0.39, 0.29) is 5.91 Å². The van der Waals surface area contributed by atoms with E-state index >= 15 is 0 Å². The Morgan fingerprint density at radius 2 is 1.90 bits per heavy atom. The lowest BCUT2D eigenvalue weighted by Crippen LogP contribution is -2.23. The van der Waals surface area contributed by atoms with E-state index in [0.29, 0.717) is 17.7 Å². The second kappa shape index (κ2) is 6.54. The van der Waals surface area contributed by atoms with E-state index in [4.69, 9.17) is 5.73 Å². The summed E-state index contributed by atoms with van der Waals surface area (Å²) >= 11 is 3.40. The van der Waals surface area contributed by atoms with Gasteiger partial charge < -0.3 is 11.1 Å². The number of rotatable bonds is 4. The van der Waals surface area contributed by atoms with Crippen molar-refractivity contribution in [3.8, 4) is 0 Å². The van der Waals surface area contributed by atoms with Crippen LogP contribution in [0.2, 0.25) is 0 Å². The van der Waals surface area contributed by atoms with E-state index in [9.17, 15) is 9.59 Å². The first-order valence-electron chi connectivity index (χ1n) is 6.40. The average molecular weight is 347 g/mol. The maximum atomic E-state index is 12.1. The van der Waals surface area contributed by atoms with Crippen LogP contribution < -0.4 is 11.1 Å². The molecular weight excluding hydrogens is 332 g/mol. The summed E-state index contributed by atoms with van der Waals surface area (Å²) in [6.45, 7) is 2.30. The molecule has 0 atom stereocenters. The third-order valence-electron chi connectivity index (χ3n) is 3.10. The minimum absolute atomic E-state index is 0.167. The van der Waals surface area contributed by atoms with Gasteiger partial charge in [-0.25, -0.2) is 0 Å². The van der Waals surface area contributed by atoms with Crippen molar-refractivity contribution in [2.24, 2.45) is 5.73 Å². The molecule has 2 aromatic carbocycles. The molecule has 108 valence electrons. The highest BCUT2D eigenvalue weighted by Gasteiger charge is 2.07. The van der Waals surface area contributed by atoms with Crippen LogP contribution in [0.15, 0.2) is 46.9 Å². The first-order chi connectivity index (χ1) is 9.97. The molecule has 2 rings (SSSR count). The molecule has 0 heterocycles. The number of benzene rings is 2. The quantitative estimate of drug-likeness (QED) is 0.893. The summed E-state index contributed by atoms with van der Waals surface area (Å²) in [5.41, 5.74) is 8.14. The van der Waals surface area contributed by atoms with Gasteiger partial charge in [0.15, 0.2) is 0 Å². The third-order valence-corrected chi connectivity index (χ3v) is 3.95. The fourth-order valence-corrected chi connectivity index (χ4v) is 2.23. The summed E-state index contributed by atoms with van der Waals surface area (Å²) in [6.07, 6.45) is 0.